The Hall–Kier alpha value is -4.10. The van der Waals surface area contributed by atoms with Crippen LogP contribution in [0.4, 0.5) is 5.82 Å². The van der Waals surface area contributed by atoms with Crippen LogP contribution in [0, 0.1) is 6.92 Å². The van der Waals surface area contributed by atoms with E-state index in [1.807, 2.05) is 0 Å². The number of anilines is 1. The van der Waals surface area contributed by atoms with Crippen LogP contribution < -0.4 is 20.2 Å². The van der Waals surface area contributed by atoms with E-state index in [-0.39, 0.29) is 16.9 Å². The van der Waals surface area contributed by atoms with Crippen molar-refractivity contribution in [1.29, 1.82) is 0 Å². The van der Waals surface area contributed by atoms with Crippen molar-refractivity contribution in [3.63, 3.8) is 0 Å². The van der Waals surface area contributed by atoms with Gasteiger partial charge in [-0.3, -0.25) is 9.59 Å². The summed E-state index contributed by atoms with van der Waals surface area (Å²) in [5.41, 5.74) is 1.87. The monoisotopic (exact) mass is 475 g/mol. The van der Waals surface area contributed by atoms with Gasteiger partial charge in [-0.1, -0.05) is 29.8 Å². The van der Waals surface area contributed by atoms with Crippen LogP contribution in [0.2, 0.25) is 5.02 Å². The van der Waals surface area contributed by atoms with Crippen molar-refractivity contribution in [1.82, 2.24) is 9.78 Å². The average Bonchev–Trinajstić information content (AvgIpc) is 2.86. The molecule has 4 aromatic rings. The molecule has 0 saturated heterocycles. The summed E-state index contributed by atoms with van der Waals surface area (Å²) in [6.07, 6.45) is 0. The highest BCUT2D eigenvalue weighted by molar-refractivity contribution is 6.30. The molecule has 3 aromatic carbocycles. The predicted octanol–water partition coefficient (Wildman–Crippen LogP) is 5.13. The van der Waals surface area contributed by atoms with E-state index in [1.165, 1.54) is 4.68 Å². The van der Waals surface area contributed by atoms with Gasteiger partial charge in [0.1, 0.15) is 23.0 Å². The van der Waals surface area contributed by atoms with Crippen LogP contribution in [0.3, 0.4) is 0 Å². The maximum atomic E-state index is 13.3. The molecule has 34 heavy (non-hydrogen) atoms. The van der Waals surface area contributed by atoms with Crippen molar-refractivity contribution in [2.24, 2.45) is 0 Å². The van der Waals surface area contributed by atoms with Crippen LogP contribution in [-0.2, 0) is 0 Å². The number of carbonyl (C=O) groups is 1. The standard InChI is InChI=1S/C26H22ClN3O4/c1-16-24(31)23(17-7-11-21(33-2)12-8-17)25(30(29-16)20-6-4-5-19(27)15-20)28-26(32)18-9-13-22(34-3)14-10-18/h4-15H,1-3H3,(H,28,32). The summed E-state index contributed by atoms with van der Waals surface area (Å²) >= 11 is 6.22. The number of aryl methyl sites for hydroxylation is 1. The summed E-state index contributed by atoms with van der Waals surface area (Å²) < 4.78 is 11.9. The number of halogens is 1. The number of nitrogens with zero attached hydrogens (tertiary/aromatic N) is 2. The van der Waals surface area contributed by atoms with Gasteiger partial charge in [0.15, 0.2) is 0 Å². The zero-order valence-electron chi connectivity index (χ0n) is 18.8. The normalized spacial score (nSPS) is 10.6. The van der Waals surface area contributed by atoms with Crippen LogP contribution in [0.1, 0.15) is 16.1 Å². The minimum Gasteiger partial charge on any atom is -0.497 e. The summed E-state index contributed by atoms with van der Waals surface area (Å²) in [5.74, 6) is 1.10. The molecule has 1 amide bonds. The lowest BCUT2D eigenvalue weighted by atomic mass is 10.0. The third-order valence-corrected chi connectivity index (χ3v) is 5.50. The molecule has 0 fully saturated rings. The minimum absolute atomic E-state index is 0.226. The maximum Gasteiger partial charge on any atom is 0.256 e. The van der Waals surface area contributed by atoms with E-state index in [0.29, 0.717) is 38.9 Å². The Morgan fingerprint density at radius 2 is 1.56 bits per heavy atom. The van der Waals surface area contributed by atoms with Crippen LogP contribution in [0.15, 0.2) is 77.6 Å². The minimum atomic E-state index is -0.404. The number of methoxy groups -OCH3 is 2. The summed E-state index contributed by atoms with van der Waals surface area (Å²) in [6.45, 7) is 1.63. The van der Waals surface area contributed by atoms with E-state index < -0.39 is 5.91 Å². The Kier molecular flexibility index (Phi) is 6.65. The SMILES string of the molecule is COc1ccc(C(=O)Nc2c(-c3ccc(OC)cc3)c(=O)c(C)nn2-c2cccc(Cl)c2)cc1. The fourth-order valence-corrected chi connectivity index (χ4v) is 3.68. The molecule has 0 aliphatic heterocycles. The molecular formula is C26H22ClN3O4. The van der Waals surface area contributed by atoms with Crippen LogP contribution >= 0.6 is 11.6 Å². The molecule has 1 N–H and O–H groups in total. The topological polar surface area (TPSA) is 82.4 Å². The Morgan fingerprint density at radius 1 is 0.941 bits per heavy atom. The number of hydrogen-bond donors (Lipinski definition) is 1. The first kappa shape index (κ1) is 23.1. The first-order valence-electron chi connectivity index (χ1n) is 10.4. The molecule has 172 valence electrons. The van der Waals surface area contributed by atoms with Crippen LogP contribution in [-0.4, -0.2) is 29.9 Å². The van der Waals surface area contributed by atoms with Gasteiger partial charge in [-0.25, -0.2) is 4.68 Å². The van der Waals surface area contributed by atoms with Crippen molar-refractivity contribution in [3.8, 4) is 28.3 Å². The predicted molar refractivity (Wildman–Crippen MR) is 133 cm³/mol. The molecule has 4 rings (SSSR count). The van der Waals surface area contributed by atoms with Crippen molar-refractivity contribution >= 4 is 23.3 Å². The maximum absolute atomic E-state index is 13.3. The molecule has 1 heterocycles. The molecular weight excluding hydrogens is 454 g/mol. The summed E-state index contributed by atoms with van der Waals surface area (Å²) in [6, 6.07) is 20.7. The molecule has 8 heteroatoms. The Labute approximate surface area is 201 Å². The molecule has 0 atom stereocenters. The zero-order chi connectivity index (χ0) is 24.2. The lowest BCUT2D eigenvalue weighted by Crippen LogP contribution is -2.25. The third-order valence-electron chi connectivity index (χ3n) is 5.27. The Morgan fingerprint density at radius 3 is 2.15 bits per heavy atom. The van der Waals surface area contributed by atoms with Gasteiger partial charge in [-0.15, -0.1) is 0 Å². The van der Waals surface area contributed by atoms with Crippen molar-refractivity contribution in [3.05, 3.63) is 99.3 Å². The van der Waals surface area contributed by atoms with Crippen LogP contribution in [0.25, 0.3) is 16.8 Å². The second-order valence-electron chi connectivity index (χ2n) is 7.44. The van der Waals surface area contributed by atoms with Crippen LogP contribution in [0.5, 0.6) is 11.5 Å². The molecule has 0 unspecified atom stereocenters. The molecule has 0 radical (unpaired) electrons. The first-order valence-corrected chi connectivity index (χ1v) is 10.8. The number of carbonyl (C=O) groups excluding carboxylic acids is 1. The van der Waals surface area contributed by atoms with Crippen molar-refractivity contribution < 1.29 is 14.3 Å². The molecule has 0 bridgehead atoms. The van der Waals surface area contributed by atoms with Gasteiger partial charge < -0.3 is 14.8 Å². The summed E-state index contributed by atoms with van der Waals surface area (Å²) in [4.78, 5) is 26.5. The van der Waals surface area contributed by atoms with E-state index in [2.05, 4.69) is 10.4 Å². The van der Waals surface area contributed by atoms with Crippen molar-refractivity contribution in [2.45, 2.75) is 6.92 Å². The van der Waals surface area contributed by atoms with Gasteiger partial charge >= 0.3 is 0 Å². The number of amides is 1. The highest BCUT2D eigenvalue weighted by Gasteiger charge is 2.21. The lowest BCUT2D eigenvalue weighted by Gasteiger charge is -2.19. The smallest absolute Gasteiger partial charge is 0.256 e. The number of nitrogens with one attached hydrogen (secondary N) is 1. The van der Waals surface area contributed by atoms with E-state index >= 15 is 0 Å². The van der Waals surface area contributed by atoms with Gasteiger partial charge in [0.05, 0.1) is 25.5 Å². The molecule has 0 aliphatic rings. The zero-order valence-corrected chi connectivity index (χ0v) is 19.6. The highest BCUT2D eigenvalue weighted by atomic mass is 35.5. The second-order valence-corrected chi connectivity index (χ2v) is 7.88. The quantitative estimate of drug-likeness (QED) is 0.418. The van der Waals surface area contributed by atoms with Crippen molar-refractivity contribution in [2.75, 3.05) is 19.5 Å². The third kappa shape index (κ3) is 4.65. The number of benzene rings is 3. The van der Waals surface area contributed by atoms with Gasteiger partial charge in [0.25, 0.3) is 5.91 Å². The Bertz CT molecular complexity index is 1400. The van der Waals surface area contributed by atoms with Gasteiger partial charge in [0, 0.05) is 10.6 Å². The fraction of sp³-hybridized carbons (Fsp3) is 0.115. The van der Waals surface area contributed by atoms with Gasteiger partial charge in [-0.05, 0) is 67.1 Å². The van der Waals surface area contributed by atoms with Gasteiger partial charge in [0.2, 0.25) is 5.43 Å². The number of rotatable bonds is 6. The summed E-state index contributed by atoms with van der Waals surface area (Å²) in [5, 5.41) is 7.85. The van der Waals surface area contributed by atoms with E-state index in [4.69, 9.17) is 21.1 Å². The first-order chi connectivity index (χ1) is 16.4. The fourth-order valence-electron chi connectivity index (χ4n) is 3.50. The Balaban J connectivity index is 1.92. The highest BCUT2D eigenvalue weighted by Crippen LogP contribution is 2.29. The molecule has 0 spiro atoms. The molecule has 1 aromatic heterocycles. The molecule has 0 saturated carbocycles. The largest absolute Gasteiger partial charge is 0.497 e. The molecule has 0 aliphatic carbocycles. The second kappa shape index (κ2) is 9.80. The number of hydrogen-bond acceptors (Lipinski definition) is 5. The summed E-state index contributed by atoms with van der Waals surface area (Å²) in [7, 11) is 3.12. The van der Waals surface area contributed by atoms with E-state index in [1.54, 1.807) is 93.9 Å². The molecule has 7 nitrogen and oxygen atoms in total. The lowest BCUT2D eigenvalue weighted by molar-refractivity contribution is 0.102. The van der Waals surface area contributed by atoms with E-state index in [0.717, 1.165) is 0 Å². The number of aromatic nitrogens is 2. The van der Waals surface area contributed by atoms with E-state index in [9.17, 15) is 9.59 Å². The average molecular weight is 476 g/mol. The number of ether oxygens (including phenoxy) is 2. The van der Waals surface area contributed by atoms with Gasteiger partial charge in [-0.2, -0.15) is 5.10 Å².